The highest BCUT2D eigenvalue weighted by atomic mass is 35.5. The van der Waals surface area contributed by atoms with Crippen molar-refractivity contribution in [1.82, 2.24) is 14.7 Å². The molecule has 7 nitrogen and oxygen atoms in total. The lowest BCUT2D eigenvalue weighted by Gasteiger charge is -2.23. The Morgan fingerprint density at radius 2 is 1.63 bits per heavy atom. The van der Waals surface area contributed by atoms with Crippen LogP contribution in [0.3, 0.4) is 0 Å². The summed E-state index contributed by atoms with van der Waals surface area (Å²) in [6.07, 6.45) is 1.59. The number of ether oxygens (including phenoxy) is 2. The molecular formula is C30H26ClN3O4. The highest BCUT2D eigenvalue weighted by Crippen LogP contribution is 2.37. The zero-order chi connectivity index (χ0) is 26.5. The number of para-hydroxylation sites is 2. The number of aromatic nitrogens is 2. The average molecular weight is 528 g/mol. The van der Waals surface area contributed by atoms with Gasteiger partial charge in [0.15, 0.2) is 11.5 Å². The SMILES string of the molecule is COc1ccccc1Oc1c(CN(Cc2ccco2)C(=O)c2ccc(Cl)cc2)c(-c2ccccc2)nn1C. The molecule has 2 heterocycles. The molecule has 5 rings (SSSR count). The number of rotatable bonds is 9. The van der Waals surface area contributed by atoms with Crippen LogP contribution in [0.15, 0.2) is 102 Å². The largest absolute Gasteiger partial charge is 0.493 e. The van der Waals surface area contributed by atoms with Crippen LogP contribution in [0, 0.1) is 0 Å². The Morgan fingerprint density at radius 3 is 2.32 bits per heavy atom. The van der Waals surface area contributed by atoms with Gasteiger partial charge in [-0.05, 0) is 48.5 Å². The molecule has 0 spiro atoms. The van der Waals surface area contributed by atoms with E-state index in [9.17, 15) is 4.79 Å². The van der Waals surface area contributed by atoms with Gasteiger partial charge in [-0.25, -0.2) is 4.68 Å². The molecule has 3 aromatic carbocycles. The Bertz CT molecular complexity index is 1510. The smallest absolute Gasteiger partial charge is 0.254 e. The molecule has 0 fully saturated rings. The Balaban J connectivity index is 1.60. The number of nitrogens with zero attached hydrogens (tertiary/aromatic N) is 3. The number of aryl methyl sites for hydroxylation is 1. The van der Waals surface area contributed by atoms with E-state index >= 15 is 0 Å². The predicted octanol–water partition coefficient (Wildman–Crippen LogP) is 6.98. The highest BCUT2D eigenvalue weighted by molar-refractivity contribution is 6.30. The number of hydrogen-bond acceptors (Lipinski definition) is 5. The lowest BCUT2D eigenvalue weighted by atomic mass is 10.1. The maximum atomic E-state index is 13.8. The van der Waals surface area contributed by atoms with E-state index in [1.165, 1.54) is 0 Å². The lowest BCUT2D eigenvalue weighted by Crippen LogP contribution is -2.30. The molecule has 38 heavy (non-hydrogen) atoms. The van der Waals surface area contributed by atoms with Crippen molar-refractivity contribution in [1.29, 1.82) is 0 Å². The number of carbonyl (C=O) groups excluding carboxylic acids is 1. The quantitative estimate of drug-likeness (QED) is 0.207. The molecule has 0 N–H and O–H groups in total. The van der Waals surface area contributed by atoms with Gasteiger partial charge in [-0.3, -0.25) is 4.79 Å². The summed E-state index contributed by atoms with van der Waals surface area (Å²) in [4.78, 5) is 15.5. The Kier molecular flexibility index (Phi) is 7.47. The number of methoxy groups -OCH3 is 1. The minimum atomic E-state index is -0.177. The number of carbonyl (C=O) groups is 1. The van der Waals surface area contributed by atoms with E-state index in [1.807, 2.05) is 67.7 Å². The first-order chi connectivity index (χ1) is 18.5. The van der Waals surface area contributed by atoms with Crippen molar-refractivity contribution in [2.24, 2.45) is 7.05 Å². The molecule has 5 aromatic rings. The van der Waals surface area contributed by atoms with Crippen LogP contribution < -0.4 is 9.47 Å². The van der Waals surface area contributed by atoms with Crippen LogP contribution in [0.2, 0.25) is 5.02 Å². The van der Waals surface area contributed by atoms with Gasteiger partial charge >= 0.3 is 0 Å². The molecule has 0 aliphatic heterocycles. The molecular weight excluding hydrogens is 502 g/mol. The average Bonchev–Trinajstić information content (AvgIpc) is 3.57. The molecule has 192 valence electrons. The fourth-order valence-electron chi connectivity index (χ4n) is 4.21. The molecule has 0 atom stereocenters. The van der Waals surface area contributed by atoms with Gasteiger partial charge in [-0.2, -0.15) is 5.10 Å². The molecule has 0 unspecified atom stereocenters. The van der Waals surface area contributed by atoms with Gasteiger partial charge < -0.3 is 18.8 Å². The maximum absolute atomic E-state index is 13.8. The number of halogens is 1. The summed E-state index contributed by atoms with van der Waals surface area (Å²) in [6, 6.07) is 27.7. The summed E-state index contributed by atoms with van der Waals surface area (Å²) in [6.45, 7) is 0.469. The second-order valence-electron chi connectivity index (χ2n) is 8.62. The van der Waals surface area contributed by atoms with Crippen molar-refractivity contribution < 1.29 is 18.7 Å². The molecule has 0 saturated carbocycles. The molecule has 1 amide bonds. The van der Waals surface area contributed by atoms with Gasteiger partial charge in [0.2, 0.25) is 5.88 Å². The van der Waals surface area contributed by atoms with Crippen LogP contribution in [-0.4, -0.2) is 27.7 Å². The molecule has 0 saturated heterocycles. The monoisotopic (exact) mass is 527 g/mol. The summed E-state index contributed by atoms with van der Waals surface area (Å²) in [5.74, 6) is 2.11. The van der Waals surface area contributed by atoms with E-state index in [1.54, 1.807) is 53.3 Å². The van der Waals surface area contributed by atoms with Gasteiger partial charge in [0.05, 0.1) is 32.0 Å². The summed E-state index contributed by atoms with van der Waals surface area (Å²) in [5.41, 5.74) is 2.88. The van der Waals surface area contributed by atoms with E-state index < -0.39 is 0 Å². The second kappa shape index (κ2) is 11.3. The molecule has 0 radical (unpaired) electrons. The van der Waals surface area contributed by atoms with Crippen LogP contribution in [-0.2, 0) is 20.1 Å². The molecule has 0 aliphatic carbocycles. The van der Waals surface area contributed by atoms with Gasteiger partial charge in [-0.15, -0.1) is 0 Å². The number of furan rings is 1. The summed E-state index contributed by atoms with van der Waals surface area (Å²) in [7, 11) is 3.41. The topological polar surface area (TPSA) is 69.7 Å². The zero-order valence-electron chi connectivity index (χ0n) is 21.0. The van der Waals surface area contributed by atoms with E-state index in [2.05, 4.69) is 0 Å². The zero-order valence-corrected chi connectivity index (χ0v) is 21.8. The lowest BCUT2D eigenvalue weighted by molar-refractivity contribution is 0.0717. The van der Waals surface area contributed by atoms with Crippen LogP contribution in [0.5, 0.6) is 17.4 Å². The van der Waals surface area contributed by atoms with Gasteiger partial charge in [-0.1, -0.05) is 54.1 Å². The van der Waals surface area contributed by atoms with E-state index in [0.29, 0.717) is 39.4 Å². The number of benzene rings is 3. The van der Waals surface area contributed by atoms with E-state index in [0.717, 1.165) is 11.1 Å². The first-order valence-corrected chi connectivity index (χ1v) is 12.4. The van der Waals surface area contributed by atoms with Crippen LogP contribution >= 0.6 is 11.6 Å². The summed E-state index contributed by atoms with van der Waals surface area (Å²) >= 11 is 6.08. The Hall–Kier alpha value is -4.49. The fourth-order valence-corrected chi connectivity index (χ4v) is 4.34. The molecule has 8 heteroatoms. The highest BCUT2D eigenvalue weighted by Gasteiger charge is 2.26. The first-order valence-electron chi connectivity index (χ1n) is 12.0. The Morgan fingerprint density at radius 1 is 0.921 bits per heavy atom. The van der Waals surface area contributed by atoms with Gasteiger partial charge in [0.25, 0.3) is 5.91 Å². The van der Waals surface area contributed by atoms with Crippen molar-refractivity contribution in [2.75, 3.05) is 7.11 Å². The van der Waals surface area contributed by atoms with Gasteiger partial charge in [0.1, 0.15) is 11.5 Å². The predicted molar refractivity (Wildman–Crippen MR) is 145 cm³/mol. The third-order valence-electron chi connectivity index (χ3n) is 6.07. The number of amides is 1. The van der Waals surface area contributed by atoms with Crippen molar-refractivity contribution >= 4 is 17.5 Å². The Labute approximate surface area is 225 Å². The van der Waals surface area contributed by atoms with Crippen molar-refractivity contribution in [3.8, 4) is 28.6 Å². The van der Waals surface area contributed by atoms with E-state index in [4.69, 9.17) is 30.6 Å². The minimum Gasteiger partial charge on any atom is -0.493 e. The van der Waals surface area contributed by atoms with Crippen molar-refractivity contribution in [3.63, 3.8) is 0 Å². The van der Waals surface area contributed by atoms with Crippen molar-refractivity contribution in [3.05, 3.63) is 119 Å². The van der Waals surface area contributed by atoms with Crippen molar-refractivity contribution in [2.45, 2.75) is 13.1 Å². The van der Waals surface area contributed by atoms with Crippen LogP contribution in [0.1, 0.15) is 21.7 Å². The minimum absolute atomic E-state index is 0.177. The van der Waals surface area contributed by atoms with Crippen LogP contribution in [0.25, 0.3) is 11.3 Å². The summed E-state index contributed by atoms with van der Waals surface area (Å²) in [5, 5.41) is 5.36. The van der Waals surface area contributed by atoms with E-state index in [-0.39, 0.29) is 19.0 Å². The maximum Gasteiger partial charge on any atom is 0.254 e. The second-order valence-corrected chi connectivity index (χ2v) is 9.06. The third-order valence-corrected chi connectivity index (χ3v) is 6.32. The van der Waals surface area contributed by atoms with Gasteiger partial charge in [0, 0.05) is 23.2 Å². The number of hydrogen-bond donors (Lipinski definition) is 0. The third kappa shape index (κ3) is 5.43. The normalized spacial score (nSPS) is 10.8. The first kappa shape index (κ1) is 25.2. The molecule has 0 bridgehead atoms. The molecule has 0 aliphatic rings. The fraction of sp³-hybridized carbons (Fsp3) is 0.133. The standard InChI is InChI=1S/C30H26ClN3O4/c1-33-30(38-27-13-7-6-12-26(27)36-2)25(28(32-33)21-9-4-3-5-10-21)20-34(19-24-11-8-18-37-24)29(35)22-14-16-23(31)17-15-22/h3-18H,19-20H2,1-2H3. The van der Waals surface area contributed by atoms with Crippen LogP contribution in [0.4, 0.5) is 0 Å². The molecule has 2 aromatic heterocycles. The summed E-state index contributed by atoms with van der Waals surface area (Å²) < 4.78 is 19.2.